The molecule has 1 N–H and O–H groups in total. The van der Waals surface area contributed by atoms with Crippen molar-refractivity contribution in [1.29, 1.82) is 0 Å². The lowest BCUT2D eigenvalue weighted by molar-refractivity contribution is -0.132. The van der Waals surface area contributed by atoms with E-state index in [2.05, 4.69) is 67.2 Å². The molecule has 2 fully saturated rings. The fraction of sp³-hybridized carbons (Fsp3) is 0.708. The molecule has 1 aliphatic heterocycles. The number of rotatable bonds is 7. The predicted molar refractivity (Wildman–Crippen MR) is 128 cm³/mol. The Labute approximate surface area is 191 Å². The van der Waals surface area contributed by atoms with Crippen molar-refractivity contribution in [3.8, 4) is 0 Å². The first-order chi connectivity index (χ1) is 14.1. The number of carbonyl (C=O) groups excluding carboxylic acids is 1. The summed E-state index contributed by atoms with van der Waals surface area (Å²) >= 11 is 3.75. The molecule has 1 aromatic rings. The minimum atomic E-state index is -1.87. The molecule has 6 heteroatoms. The Morgan fingerprint density at radius 2 is 1.87 bits per heavy atom. The third-order valence-electron chi connectivity index (χ3n) is 7.42. The van der Waals surface area contributed by atoms with Crippen LogP contribution < -0.4 is 5.32 Å². The van der Waals surface area contributed by atoms with Gasteiger partial charge >= 0.3 is 0 Å². The second-order valence-electron chi connectivity index (χ2n) is 10.4. The Balaban J connectivity index is 1.73. The zero-order chi connectivity index (χ0) is 21.9. The molecule has 1 aliphatic carbocycles. The van der Waals surface area contributed by atoms with E-state index in [0.29, 0.717) is 24.9 Å². The maximum absolute atomic E-state index is 12.2. The molecule has 1 aromatic carbocycles. The highest BCUT2D eigenvalue weighted by atomic mass is 79.9. The Hall–Kier alpha value is -0.693. The number of hydrogen-bond acceptors (Lipinski definition) is 3. The van der Waals surface area contributed by atoms with Crippen LogP contribution in [0.25, 0.3) is 0 Å². The molecule has 168 valence electrons. The molecule has 4 nitrogen and oxygen atoms in total. The fourth-order valence-corrected chi connectivity index (χ4v) is 6.88. The van der Waals surface area contributed by atoms with Crippen LogP contribution in [0.4, 0.5) is 0 Å². The van der Waals surface area contributed by atoms with Crippen molar-refractivity contribution in [1.82, 2.24) is 5.32 Å². The van der Waals surface area contributed by atoms with Gasteiger partial charge in [-0.1, -0.05) is 67.0 Å². The van der Waals surface area contributed by atoms with Crippen LogP contribution in [0, 0.1) is 11.8 Å². The average molecular weight is 497 g/mol. The minimum Gasteiger partial charge on any atom is -0.413 e. The van der Waals surface area contributed by atoms with Gasteiger partial charge in [0, 0.05) is 11.8 Å². The third kappa shape index (κ3) is 5.56. The quantitative estimate of drug-likeness (QED) is 0.391. The van der Waals surface area contributed by atoms with Crippen molar-refractivity contribution in [3.63, 3.8) is 0 Å². The number of hydrogen-bond donors (Lipinski definition) is 1. The first-order valence-electron chi connectivity index (χ1n) is 11.3. The molecule has 0 spiro atoms. The molecule has 5 atom stereocenters. The topological polar surface area (TPSA) is 47.6 Å². The molecule has 1 amide bonds. The van der Waals surface area contributed by atoms with Gasteiger partial charge in [0.15, 0.2) is 8.32 Å². The van der Waals surface area contributed by atoms with E-state index in [0.717, 1.165) is 24.6 Å². The van der Waals surface area contributed by atoms with Crippen LogP contribution >= 0.6 is 15.9 Å². The van der Waals surface area contributed by atoms with Crippen molar-refractivity contribution in [2.75, 3.05) is 5.33 Å². The molecule has 1 heterocycles. The molecule has 0 aromatic heterocycles. The highest BCUT2D eigenvalue weighted by Gasteiger charge is 2.48. The normalized spacial score (nSPS) is 28.5. The van der Waals surface area contributed by atoms with Crippen LogP contribution in [0.5, 0.6) is 0 Å². The van der Waals surface area contributed by atoms with E-state index in [4.69, 9.17) is 9.16 Å². The number of amides is 1. The number of benzene rings is 1. The first-order valence-corrected chi connectivity index (χ1v) is 15.3. The van der Waals surface area contributed by atoms with Gasteiger partial charge in [-0.25, -0.2) is 0 Å². The van der Waals surface area contributed by atoms with Crippen molar-refractivity contribution in [2.24, 2.45) is 11.8 Å². The van der Waals surface area contributed by atoms with E-state index in [1.807, 2.05) is 18.2 Å². The summed E-state index contributed by atoms with van der Waals surface area (Å²) in [7, 11) is -1.87. The van der Waals surface area contributed by atoms with Crippen molar-refractivity contribution in [2.45, 2.75) is 89.4 Å². The highest BCUT2D eigenvalue weighted by Crippen LogP contribution is 2.44. The zero-order valence-corrected chi connectivity index (χ0v) is 21.7. The van der Waals surface area contributed by atoms with E-state index < -0.39 is 8.32 Å². The van der Waals surface area contributed by atoms with Gasteiger partial charge in [-0.05, 0) is 54.8 Å². The van der Waals surface area contributed by atoms with Crippen molar-refractivity contribution >= 4 is 30.2 Å². The summed E-state index contributed by atoms with van der Waals surface area (Å²) < 4.78 is 13.2. The maximum Gasteiger partial charge on any atom is 0.220 e. The van der Waals surface area contributed by atoms with Gasteiger partial charge < -0.3 is 14.5 Å². The van der Waals surface area contributed by atoms with Gasteiger partial charge in [0.05, 0.1) is 24.9 Å². The van der Waals surface area contributed by atoms with E-state index in [1.165, 1.54) is 5.56 Å². The molecular formula is C24H38BrNO3Si. The number of halogens is 1. The lowest BCUT2D eigenvalue weighted by Gasteiger charge is -2.49. The summed E-state index contributed by atoms with van der Waals surface area (Å²) in [6.45, 7) is 12.1. The molecule has 4 unspecified atom stereocenters. The molecule has 0 radical (unpaired) electrons. The number of nitrogens with one attached hydrogen (secondary N) is 1. The number of ether oxygens (including phenoxy) is 1. The predicted octanol–water partition coefficient (Wildman–Crippen LogP) is 5.66. The molecule has 30 heavy (non-hydrogen) atoms. The summed E-state index contributed by atoms with van der Waals surface area (Å²) in [5.74, 6) is 1.01. The van der Waals surface area contributed by atoms with Crippen LogP contribution in [0.1, 0.15) is 52.0 Å². The number of alkyl halides is 1. The molecular weight excluding hydrogens is 458 g/mol. The van der Waals surface area contributed by atoms with Crippen LogP contribution in [0.15, 0.2) is 30.3 Å². The summed E-state index contributed by atoms with van der Waals surface area (Å²) in [4.78, 5) is 12.2. The van der Waals surface area contributed by atoms with Gasteiger partial charge in [0.1, 0.15) is 0 Å². The van der Waals surface area contributed by atoms with Gasteiger partial charge in [0.25, 0.3) is 0 Å². The average Bonchev–Trinajstić information content (AvgIpc) is 2.70. The van der Waals surface area contributed by atoms with Crippen molar-refractivity contribution in [3.05, 3.63) is 35.9 Å². The standard InChI is InChI=1S/C24H38BrNO3Si/c1-24(2,3)30(4,5)29-21(15-25)18-11-13-20(23-19(18)12-14-22(27)26-23)28-16-17-9-7-6-8-10-17/h6-10,18-21,23H,11-16H2,1-5H3,(H,26,27)/t18?,19?,20?,21-,23?/m0/s1. The van der Waals surface area contributed by atoms with Gasteiger partial charge in [-0.15, -0.1) is 0 Å². The zero-order valence-electron chi connectivity index (χ0n) is 19.1. The van der Waals surface area contributed by atoms with E-state index in [-0.39, 0.29) is 29.2 Å². The molecule has 3 rings (SSSR count). The SMILES string of the molecule is CC(C)(C)[Si](C)(C)O[C@@H](CBr)C1CCC(OCc2ccccc2)C2NC(=O)CCC21. The van der Waals surface area contributed by atoms with Crippen molar-refractivity contribution < 1.29 is 14.0 Å². The van der Waals surface area contributed by atoms with E-state index >= 15 is 0 Å². The van der Waals surface area contributed by atoms with Crippen LogP contribution in [-0.4, -0.2) is 37.8 Å². The molecule has 1 saturated carbocycles. The van der Waals surface area contributed by atoms with E-state index in [9.17, 15) is 4.79 Å². The monoisotopic (exact) mass is 495 g/mol. The highest BCUT2D eigenvalue weighted by molar-refractivity contribution is 9.09. The molecule has 2 aliphatic rings. The summed E-state index contributed by atoms with van der Waals surface area (Å²) in [6.07, 6.45) is 3.84. The summed E-state index contributed by atoms with van der Waals surface area (Å²) in [5.41, 5.74) is 1.18. The molecule has 0 bridgehead atoms. The third-order valence-corrected chi connectivity index (χ3v) is 12.6. The fourth-order valence-electron chi connectivity index (χ4n) is 4.66. The minimum absolute atomic E-state index is 0.0690. The smallest absolute Gasteiger partial charge is 0.220 e. The van der Waals surface area contributed by atoms with Gasteiger partial charge in [-0.3, -0.25) is 4.79 Å². The number of fused-ring (bicyclic) bond motifs is 1. The first kappa shape index (κ1) is 24.0. The Kier molecular flexibility index (Phi) is 7.86. The number of piperidine rings is 1. The Morgan fingerprint density at radius 1 is 1.17 bits per heavy atom. The van der Waals surface area contributed by atoms with E-state index in [1.54, 1.807) is 0 Å². The molecule has 1 saturated heterocycles. The number of carbonyl (C=O) groups is 1. The summed E-state index contributed by atoms with van der Waals surface area (Å²) in [5, 5.41) is 4.31. The second-order valence-corrected chi connectivity index (χ2v) is 15.8. The van der Waals surface area contributed by atoms with Crippen LogP contribution in [0.2, 0.25) is 18.1 Å². The van der Waals surface area contributed by atoms with Gasteiger partial charge in [-0.2, -0.15) is 0 Å². The lowest BCUT2D eigenvalue weighted by atomic mass is 9.68. The summed E-state index contributed by atoms with van der Waals surface area (Å²) in [6, 6.07) is 10.4. The second kappa shape index (κ2) is 9.84. The maximum atomic E-state index is 12.2. The lowest BCUT2D eigenvalue weighted by Crippen LogP contribution is -2.59. The van der Waals surface area contributed by atoms with Crippen LogP contribution in [0.3, 0.4) is 0 Å². The largest absolute Gasteiger partial charge is 0.413 e. The Morgan fingerprint density at radius 3 is 2.50 bits per heavy atom. The Bertz CT molecular complexity index is 706. The van der Waals surface area contributed by atoms with Crippen LogP contribution in [-0.2, 0) is 20.6 Å². The van der Waals surface area contributed by atoms with Gasteiger partial charge in [0.2, 0.25) is 5.91 Å².